The third-order valence-corrected chi connectivity index (χ3v) is 2.24. The van der Waals surface area contributed by atoms with Gasteiger partial charge in [-0.05, 0) is 28.9 Å². The van der Waals surface area contributed by atoms with E-state index in [1.54, 1.807) is 0 Å². The Morgan fingerprint density at radius 1 is 1.54 bits per heavy atom. The van der Waals surface area contributed by atoms with Gasteiger partial charge in [-0.2, -0.15) is 0 Å². The molecule has 2 nitrogen and oxygen atoms in total. The summed E-state index contributed by atoms with van der Waals surface area (Å²) in [6, 6.07) is 0.932. The van der Waals surface area contributed by atoms with E-state index < -0.39 is 23.2 Å². The van der Waals surface area contributed by atoms with Crippen LogP contribution in [0.15, 0.2) is 10.5 Å². The minimum absolute atomic E-state index is 0.0967. The Labute approximate surface area is 81.3 Å². The van der Waals surface area contributed by atoms with Crippen molar-refractivity contribution >= 4 is 21.9 Å². The Kier molecular flexibility index (Phi) is 2.66. The number of hydrogen-bond acceptors (Lipinski definition) is 1. The molecular formula is C8H5BrF2O2. The molecule has 0 bridgehead atoms. The number of carboxylic acid groups (broad SMARTS) is 1. The minimum Gasteiger partial charge on any atom is -0.478 e. The van der Waals surface area contributed by atoms with Crippen LogP contribution in [0.5, 0.6) is 0 Å². The number of carboxylic acids is 1. The Morgan fingerprint density at radius 3 is 2.54 bits per heavy atom. The third kappa shape index (κ3) is 1.70. The van der Waals surface area contributed by atoms with Gasteiger partial charge in [0.15, 0.2) is 0 Å². The lowest BCUT2D eigenvalue weighted by atomic mass is 10.1. The average molecular weight is 251 g/mol. The van der Waals surface area contributed by atoms with E-state index in [0.29, 0.717) is 0 Å². The molecule has 0 heterocycles. The van der Waals surface area contributed by atoms with Crippen molar-refractivity contribution in [3.63, 3.8) is 0 Å². The highest BCUT2D eigenvalue weighted by molar-refractivity contribution is 9.10. The van der Waals surface area contributed by atoms with E-state index in [1.807, 2.05) is 0 Å². The molecule has 0 aliphatic carbocycles. The van der Waals surface area contributed by atoms with Gasteiger partial charge in [-0.3, -0.25) is 0 Å². The molecule has 0 saturated carbocycles. The van der Waals surface area contributed by atoms with Crippen LogP contribution in [0.2, 0.25) is 0 Å². The van der Waals surface area contributed by atoms with Gasteiger partial charge < -0.3 is 5.11 Å². The van der Waals surface area contributed by atoms with Crippen molar-refractivity contribution in [3.8, 4) is 0 Å². The maximum atomic E-state index is 13.1. The van der Waals surface area contributed by atoms with E-state index in [4.69, 9.17) is 5.11 Å². The highest BCUT2D eigenvalue weighted by Gasteiger charge is 2.19. The maximum absolute atomic E-state index is 13.1. The van der Waals surface area contributed by atoms with Gasteiger partial charge in [-0.25, -0.2) is 13.6 Å². The van der Waals surface area contributed by atoms with E-state index in [0.717, 1.165) is 6.07 Å². The fourth-order valence-corrected chi connectivity index (χ4v) is 1.43. The van der Waals surface area contributed by atoms with E-state index in [2.05, 4.69) is 15.9 Å². The summed E-state index contributed by atoms with van der Waals surface area (Å²) in [6.45, 7) is 1.18. The second kappa shape index (κ2) is 3.41. The number of aromatic carboxylic acids is 1. The van der Waals surface area contributed by atoms with Crippen LogP contribution in [0, 0.1) is 18.6 Å². The average Bonchev–Trinajstić information content (AvgIpc) is 1.99. The molecule has 0 unspecified atom stereocenters. The molecule has 0 aromatic heterocycles. The fraction of sp³-hybridized carbons (Fsp3) is 0.125. The Balaban J connectivity index is 3.53. The van der Waals surface area contributed by atoms with Gasteiger partial charge in [0, 0.05) is 10.0 Å². The van der Waals surface area contributed by atoms with Gasteiger partial charge in [0.2, 0.25) is 0 Å². The first-order valence-corrected chi connectivity index (χ1v) is 4.12. The van der Waals surface area contributed by atoms with Crippen molar-refractivity contribution in [2.75, 3.05) is 0 Å². The molecule has 1 aromatic rings. The zero-order valence-corrected chi connectivity index (χ0v) is 8.15. The molecule has 1 aromatic carbocycles. The van der Waals surface area contributed by atoms with Crippen LogP contribution in [0.1, 0.15) is 15.9 Å². The van der Waals surface area contributed by atoms with Gasteiger partial charge in [0.05, 0.1) is 0 Å². The first-order valence-electron chi connectivity index (χ1n) is 3.32. The summed E-state index contributed by atoms with van der Waals surface area (Å²) in [5, 5.41) is 8.57. The molecule has 0 atom stereocenters. The zero-order valence-electron chi connectivity index (χ0n) is 6.57. The summed E-state index contributed by atoms with van der Waals surface area (Å²) in [6.07, 6.45) is 0. The SMILES string of the molecule is Cc1c(F)cc(Br)c(C(=O)O)c1F. The first-order chi connectivity index (χ1) is 5.95. The molecule has 0 aliphatic rings. The molecule has 1 rings (SSSR count). The second-order valence-corrected chi connectivity index (χ2v) is 3.31. The second-order valence-electron chi connectivity index (χ2n) is 2.46. The van der Waals surface area contributed by atoms with E-state index in [1.165, 1.54) is 6.92 Å². The molecule has 13 heavy (non-hydrogen) atoms. The van der Waals surface area contributed by atoms with Gasteiger partial charge in [-0.15, -0.1) is 0 Å². The summed E-state index contributed by atoms with van der Waals surface area (Å²) < 4.78 is 25.8. The lowest BCUT2D eigenvalue weighted by Gasteiger charge is -2.04. The monoisotopic (exact) mass is 250 g/mol. The molecule has 0 amide bonds. The van der Waals surface area contributed by atoms with Crippen LogP contribution in [-0.4, -0.2) is 11.1 Å². The standard InChI is InChI=1S/C8H5BrF2O2/c1-3-5(10)2-4(9)6(7(3)11)8(12)13/h2H,1H3,(H,12,13). The largest absolute Gasteiger partial charge is 0.478 e. The summed E-state index contributed by atoms with van der Waals surface area (Å²) in [4.78, 5) is 10.5. The van der Waals surface area contributed by atoms with Crippen molar-refractivity contribution < 1.29 is 18.7 Å². The van der Waals surface area contributed by atoms with Crippen molar-refractivity contribution in [2.24, 2.45) is 0 Å². The molecule has 0 spiro atoms. The Bertz CT molecular complexity index is 377. The normalized spacial score (nSPS) is 10.2. The van der Waals surface area contributed by atoms with Crippen LogP contribution in [0.25, 0.3) is 0 Å². The van der Waals surface area contributed by atoms with E-state index in [9.17, 15) is 13.6 Å². The molecular weight excluding hydrogens is 246 g/mol. The molecule has 5 heteroatoms. The molecule has 0 radical (unpaired) electrons. The first kappa shape index (κ1) is 10.1. The smallest absolute Gasteiger partial charge is 0.339 e. The molecule has 0 fully saturated rings. The van der Waals surface area contributed by atoms with Crippen molar-refractivity contribution in [3.05, 3.63) is 33.3 Å². The van der Waals surface area contributed by atoms with Crippen LogP contribution in [0.4, 0.5) is 8.78 Å². The third-order valence-electron chi connectivity index (χ3n) is 1.61. The highest BCUT2D eigenvalue weighted by Crippen LogP contribution is 2.24. The van der Waals surface area contributed by atoms with Crippen LogP contribution in [0.3, 0.4) is 0 Å². The lowest BCUT2D eigenvalue weighted by Crippen LogP contribution is -2.05. The van der Waals surface area contributed by atoms with Crippen molar-refractivity contribution in [2.45, 2.75) is 6.92 Å². The lowest BCUT2D eigenvalue weighted by molar-refractivity contribution is 0.0690. The van der Waals surface area contributed by atoms with Gasteiger partial charge in [0.1, 0.15) is 17.2 Å². The Morgan fingerprint density at radius 2 is 2.08 bits per heavy atom. The molecule has 0 aliphatic heterocycles. The van der Waals surface area contributed by atoms with Crippen LogP contribution in [-0.2, 0) is 0 Å². The number of carbonyl (C=O) groups is 1. The number of halogens is 3. The number of benzene rings is 1. The summed E-state index contributed by atoms with van der Waals surface area (Å²) in [5.41, 5.74) is -0.834. The van der Waals surface area contributed by atoms with Gasteiger partial charge >= 0.3 is 5.97 Å². The predicted molar refractivity (Wildman–Crippen MR) is 45.8 cm³/mol. The maximum Gasteiger partial charge on any atom is 0.339 e. The number of hydrogen-bond donors (Lipinski definition) is 1. The van der Waals surface area contributed by atoms with Gasteiger partial charge in [-0.1, -0.05) is 0 Å². The quantitative estimate of drug-likeness (QED) is 0.833. The van der Waals surface area contributed by atoms with E-state index >= 15 is 0 Å². The predicted octanol–water partition coefficient (Wildman–Crippen LogP) is 2.73. The minimum atomic E-state index is -1.42. The van der Waals surface area contributed by atoms with E-state index in [-0.39, 0.29) is 10.0 Å². The molecule has 0 saturated heterocycles. The summed E-state index contributed by atoms with van der Waals surface area (Å²) in [5.74, 6) is -3.23. The topological polar surface area (TPSA) is 37.3 Å². The van der Waals surface area contributed by atoms with Crippen LogP contribution < -0.4 is 0 Å². The zero-order chi connectivity index (χ0) is 10.2. The summed E-state index contributed by atoms with van der Waals surface area (Å²) >= 11 is 2.77. The van der Waals surface area contributed by atoms with Crippen molar-refractivity contribution in [1.29, 1.82) is 0 Å². The molecule has 70 valence electrons. The Hall–Kier alpha value is -0.970. The fourth-order valence-electron chi connectivity index (χ4n) is 0.885. The highest BCUT2D eigenvalue weighted by atomic mass is 79.9. The van der Waals surface area contributed by atoms with Crippen molar-refractivity contribution in [1.82, 2.24) is 0 Å². The summed E-state index contributed by atoms with van der Waals surface area (Å²) in [7, 11) is 0. The molecule has 1 N–H and O–H groups in total. The van der Waals surface area contributed by atoms with Crippen LogP contribution >= 0.6 is 15.9 Å². The number of rotatable bonds is 1. The van der Waals surface area contributed by atoms with Gasteiger partial charge in [0.25, 0.3) is 0 Å².